The summed E-state index contributed by atoms with van der Waals surface area (Å²) in [6.45, 7) is 7.51. The van der Waals surface area contributed by atoms with Crippen LogP contribution >= 0.6 is 12.2 Å². The number of likely N-dealkylation sites (tertiary alicyclic amines) is 1. The minimum absolute atomic E-state index is 0.0316. The van der Waals surface area contributed by atoms with Crippen molar-refractivity contribution in [2.24, 2.45) is 11.7 Å². The lowest BCUT2D eigenvalue weighted by atomic mass is 9.97. The Morgan fingerprint density at radius 3 is 2.81 bits per heavy atom. The van der Waals surface area contributed by atoms with E-state index in [1.807, 2.05) is 0 Å². The van der Waals surface area contributed by atoms with E-state index in [9.17, 15) is 0 Å². The van der Waals surface area contributed by atoms with Crippen LogP contribution in [0.1, 0.15) is 33.1 Å². The second kappa shape index (κ2) is 5.94. The summed E-state index contributed by atoms with van der Waals surface area (Å²) in [4.78, 5) is 3.13. The lowest BCUT2D eigenvalue weighted by Gasteiger charge is -2.34. The highest BCUT2D eigenvalue weighted by Crippen LogP contribution is 2.19. The van der Waals surface area contributed by atoms with Gasteiger partial charge in [-0.15, -0.1) is 0 Å². The highest BCUT2D eigenvalue weighted by atomic mass is 32.1. The first-order chi connectivity index (χ1) is 7.44. The van der Waals surface area contributed by atoms with Gasteiger partial charge in [-0.05, 0) is 39.7 Å². The van der Waals surface area contributed by atoms with E-state index >= 15 is 0 Å². The first-order valence-corrected chi connectivity index (χ1v) is 6.42. The molecule has 0 spiro atoms. The summed E-state index contributed by atoms with van der Waals surface area (Å²) in [7, 11) is 1.77. The van der Waals surface area contributed by atoms with Gasteiger partial charge < -0.3 is 15.4 Å². The molecule has 1 rings (SSSR count). The van der Waals surface area contributed by atoms with Gasteiger partial charge in [0.1, 0.15) is 0 Å². The zero-order valence-electron chi connectivity index (χ0n) is 10.7. The molecule has 0 aromatic carbocycles. The maximum absolute atomic E-state index is 5.72. The van der Waals surface area contributed by atoms with Crippen molar-refractivity contribution in [3.63, 3.8) is 0 Å². The molecular weight excluding hydrogens is 220 g/mol. The number of nitrogens with two attached hydrogens (primary N) is 1. The van der Waals surface area contributed by atoms with Crippen molar-refractivity contribution in [2.45, 2.75) is 38.7 Å². The van der Waals surface area contributed by atoms with Crippen LogP contribution in [0.3, 0.4) is 0 Å². The third-order valence-electron chi connectivity index (χ3n) is 3.49. The van der Waals surface area contributed by atoms with Crippen LogP contribution in [0.25, 0.3) is 0 Å². The molecule has 2 N–H and O–H groups in total. The maximum atomic E-state index is 5.72. The molecule has 1 fully saturated rings. The van der Waals surface area contributed by atoms with Gasteiger partial charge in [-0.3, -0.25) is 0 Å². The Morgan fingerprint density at radius 2 is 2.25 bits per heavy atom. The van der Waals surface area contributed by atoms with E-state index in [4.69, 9.17) is 22.7 Å². The monoisotopic (exact) mass is 244 g/mol. The second-order valence-corrected chi connectivity index (χ2v) is 5.73. The SMILES string of the molecule is COC(C)(C)CCN1CCCC(C(N)=S)C1. The van der Waals surface area contributed by atoms with Crippen LogP contribution in [0.15, 0.2) is 0 Å². The molecule has 1 aliphatic heterocycles. The molecule has 3 nitrogen and oxygen atoms in total. The van der Waals surface area contributed by atoms with E-state index in [2.05, 4.69) is 18.7 Å². The van der Waals surface area contributed by atoms with Crippen LogP contribution in [0.4, 0.5) is 0 Å². The molecular formula is C12H24N2OS. The van der Waals surface area contributed by atoms with Gasteiger partial charge in [0.25, 0.3) is 0 Å². The van der Waals surface area contributed by atoms with E-state index in [0.717, 1.165) is 25.9 Å². The molecule has 0 amide bonds. The first-order valence-electron chi connectivity index (χ1n) is 6.01. The van der Waals surface area contributed by atoms with Gasteiger partial charge in [0.15, 0.2) is 0 Å². The highest BCUT2D eigenvalue weighted by Gasteiger charge is 2.24. The fourth-order valence-electron chi connectivity index (χ4n) is 2.02. The molecule has 4 heteroatoms. The number of hydrogen-bond acceptors (Lipinski definition) is 3. The average Bonchev–Trinajstić information content (AvgIpc) is 2.27. The lowest BCUT2D eigenvalue weighted by Crippen LogP contribution is -2.42. The molecule has 16 heavy (non-hydrogen) atoms. The molecule has 0 aromatic rings. The quantitative estimate of drug-likeness (QED) is 0.749. The fourth-order valence-corrected chi connectivity index (χ4v) is 2.21. The molecule has 94 valence electrons. The van der Waals surface area contributed by atoms with Crippen molar-refractivity contribution in [3.8, 4) is 0 Å². The summed E-state index contributed by atoms with van der Waals surface area (Å²) in [5, 5.41) is 0. The van der Waals surface area contributed by atoms with Crippen molar-refractivity contribution in [1.29, 1.82) is 0 Å². The second-order valence-electron chi connectivity index (χ2n) is 5.26. The Kier molecular flexibility index (Phi) is 5.15. The number of hydrogen-bond donors (Lipinski definition) is 1. The van der Waals surface area contributed by atoms with Gasteiger partial charge in [0, 0.05) is 26.1 Å². The van der Waals surface area contributed by atoms with E-state index in [-0.39, 0.29) is 5.60 Å². The van der Waals surface area contributed by atoms with Gasteiger partial charge in [0.2, 0.25) is 0 Å². The van der Waals surface area contributed by atoms with Crippen LogP contribution in [-0.4, -0.2) is 42.2 Å². The maximum Gasteiger partial charge on any atom is 0.0771 e. The Bertz CT molecular complexity index is 243. The minimum Gasteiger partial charge on any atom is -0.393 e. The van der Waals surface area contributed by atoms with E-state index in [1.165, 1.54) is 13.0 Å². The Labute approximate surface area is 104 Å². The van der Waals surface area contributed by atoms with Crippen LogP contribution in [0.2, 0.25) is 0 Å². The molecule has 1 saturated heterocycles. The fraction of sp³-hybridized carbons (Fsp3) is 0.917. The molecule has 1 aliphatic rings. The first kappa shape index (κ1) is 13.9. The molecule has 1 atom stereocenters. The van der Waals surface area contributed by atoms with E-state index < -0.39 is 0 Å². The standard InChI is InChI=1S/C12H24N2OS/c1-12(2,15-3)6-8-14-7-4-5-10(9-14)11(13)16/h10H,4-9H2,1-3H3,(H2,13,16). The summed E-state index contributed by atoms with van der Waals surface area (Å²) in [5.41, 5.74) is 5.69. The number of methoxy groups -OCH3 is 1. The zero-order chi connectivity index (χ0) is 12.2. The van der Waals surface area contributed by atoms with Crippen molar-refractivity contribution in [3.05, 3.63) is 0 Å². The average molecular weight is 244 g/mol. The highest BCUT2D eigenvalue weighted by molar-refractivity contribution is 7.80. The normalized spacial score (nSPS) is 23.3. The van der Waals surface area contributed by atoms with Crippen LogP contribution in [-0.2, 0) is 4.74 Å². The Hall–Kier alpha value is -0.190. The van der Waals surface area contributed by atoms with Crippen molar-refractivity contribution < 1.29 is 4.74 Å². The number of nitrogens with zero attached hydrogens (tertiary/aromatic N) is 1. The van der Waals surface area contributed by atoms with Gasteiger partial charge in [0.05, 0.1) is 10.6 Å². The summed E-state index contributed by atoms with van der Waals surface area (Å²) >= 11 is 5.08. The molecule has 0 aromatic heterocycles. The molecule has 0 saturated carbocycles. The number of piperidine rings is 1. The van der Waals surface area contributed by atoms with Crippen molar-refractivity contribution in [2.75, 3.05) is 26.7 Å². The number of ether oxygens (including phenoxy) is 1. The van der Waals surface area contributed by atoms with Crippen molar-refractivity contribution >= 4 is 17.2 Å². The predicted molar refractivity (Wildman–Crippen MR) is 71.7 cm³/mol. The van der Waals surface area contributed by atoms with Crippen LogP contribution in [0.5, 0.6) is 0 Å². The Morgan fingerprint density at radius 1 is 1.56 bits per heavy atom. The topological polar surface area (TPSA) is 38.5 Å². The summed E-state index contributed by atoms with van der Waals surface area (Å²) in [6.07, 6.45) is 3.41. The zero-order valence-corrected chi connectivity index (χ0v) is 11.5. The van der Waals surface area contributed by atoms with E-state index in [1.54, 1.807) is 7.11 Å². The largest absolute Gasteiger partial charge is 0.393 e. The van der Waals surface area contributed by atoms with Crippen molar-refractivity contribution in [1.82, 2.24) is 4.90 Å². The smallest absolute Gasteiger partial charge is 0.0771 e. The molecule has 0 aliphatic carbocycles. The summed E-state index contributed by atoms with van der Waals surface area (Å²) in [6, 6.07) is 0. The summed E-state index contributed by atoms with van der Waals surface area (Å²) < 4.78 is 5.43. The third kappa shape index (κ3) is 4.36. The third-order valence-corrected chi connectivity index (χ3v) is 3.82. The van der Waals surface area contributed by atoms with Crippen LogP contribution in [0, 0.1) is 5.92 Å². The predicted octanol–water partition coefficient (Wildman–Crippen LogP) is 1.80. The van der Waals surface area contributed by atoms with Gasteiger partial charge in [-0.25, -0.2) is 0 Å². The molecule has 1 heterocycles. The number of rotatable bonds is 5. The minimum atomic E-state index is -0.0316. The summed E-state index contributed by atoms with van der Waals surface area (Å²) in [5.74, 6) is 0.411. The molecule has 1 unspecified atom stereocenters. The Balaban J connectivity index is 2.35. The van der Waals surface area contributed by atoms with Gasteiger partial charge in [-0.2, -0.15) is 0 Å². The lowest BCUT2D eigenvalue weighted by molar-refractivity contribution is 0.00529. The van der Waals surface area contributed by atoms with Gasteiger partial charge >= 0.3 is 0 Å². The molecule has 0 bridgehead atoms. The van der Waals surface area contributed by atoms with E-state index in [0.29, 0.717) is 10.9 Å². The van der Waals surface area contributed by atoms with Crippen LogP contribution < -0.4 is 5.73 Å². The molecule has 0 radical (unpaired) electrons. The number of thiocarbonyl (C=S) groups is 1. The van der Waals surface area contributed by atoms with Gasteiger partial charge in [-0.1, -0.05) is 12.2 Å².